The van der Waals surface area contributed by atoms with Crippen LogP contribution in [0, 0.1) is 22.7 Å². The normalized spacial score (nSPS) is 29.8. The summed E-state index contributed by atoms with van der Waals surface area (Å²) in [5, 5.41) is 0. The van der Waals surface area contributed by atoms with Crippen molar-refractivity contribution >= 4 is 17.3 Å². The topological polar surface area (TPSA) is 23.6 Å². The van der Waals surface area contributed by atoms with Crippen LogP contribution in [0.3, 0.4) is 0 Å². The molecule has 2 bridgehead atoms. The van der Waals surface area contributed by atoms with E-state index in [1.165, 1.54) is 24.9 Å². The van der Waals surface area contributed by atoms with Crippen molar-refractivity contribution in [3.8, 4) is 0 Å². The van der Waals surface area contributed by atoms with Crippen LogP contribution in [0.5, 0.6) is 0 Å². The first-order valence-corrected chi connectivity index (χ1v) is 13.0. The monoisotopic (exact) mass is 446 g/mol. The van der Waals surface area contributed by atoms with E-state index in [1.807, 2.05) is 30.1 Å². The molecule has 2 aromatic rings. The summed E-state index contributed by atoms with van der Waals surface area (Å²) in [6.07, 6.45) is 7.86. The van der Waals surface area contributed by atoms with Gasteiger partial charge in [0, 0.05) is 31.5 Å². The third-order valence-corrected chi connectivity index (χ3v) is 9.43. The molecule has 5 unspecified atom stereocenters. The molecule has 4 rings (SSSR count). The Morgan fingerprint density at radius 2 is 1.58 bits per heavy atom. The predicted octanol–water partition coefficient (Wildman–Crippen LogP) is 7.18. The highest BCUT2D eigenvalue weighted by molar-refractivity contribution is 5.97. The summed E-state index contributed by atoms with van der Waals surface area (Å²) in [6.45, 7) is 7.10. The molecule has 3 heteroatoms. The third kappa shape index (κ3) is 4.32. The number of amides is 1. The summed E-state index contributed by atoms with van der Waals surface area (Å²) in [6, 6.07) is 21.3. The van der Waals surface area contributed by atoms with Crippen molar-refractivity contribution < 1.29 is 4.79 Å². The van der Waals surface area contributed by atoms with Crippen LogP contribution in [-0.4, -0.2) is 26.0 Å². The average Bonchev–Trinajstić information content (AvgIpc) is 2.87. The van der Waals surface area contributed by atoms with Gasteiger partial charge in [0.25, 0.3) is 0 Å². The molecule has 0 radical (unpaired) electrons. The molecule has 2 aromatic carbocycles. The number of rotatable bonds is 7. The van der Waals surface area contributed by atoms with Crippen molar-refractivity contribution in [1.82, 2.24) is 0 Å². The molecule has 5 atom stereocenters. The standard InChI is InChI=1S/C30H42N2O/c1-6-24-18-19-30(28(33)32(5)27-16-12-9-13-17-27)21-25(24)20-29(7-2,22-30)23(3)31(4)26-14-10-8-11-15-26/h8-17,23-25H,6-7,18-22H2,1-5H3. The number of hydrogen-bond acceptors (Lipinski definition) is 2. The average molecular weight is 447 g/mol. The van der Waals surface area contributed by atoms with E-state index in [4.69, 9.17) is 0 Å². The fourth-order valence-electron chi connectivity index (χ4n) is 7.25. The molecule has 0 spiro atoms. The molecule has 0 aromatic heterocycles. The zero-order valence-electron chi connectivity index (χ0n) is 21.3. The lowest BCUT2D eigenvalue weighted by atomic mass is 9.48. The fraction of sp³-hybridized carbons (Fsp3) is 0.567. The van der Waals surface area contributed by atoms with E-state index in [1.54, 1.807) is 0 Å². The molecule has 2 aliphatic carbocycles. The van der Waals surface area contributed by atoms with E-state index in [2.05, 4.69) is 75.2 Å². The number of hydrogen-bond donors (Lipinski definition) is 0. The van der Waals surface area contributed by atoms with Crippen LogP contribution < -0.4 is 9.80 Å². The van der Waals surface area contributed by atoms with Gasteiger partial charge in [-0.25, -0.2) is 0 Å². The highest BCUT2D eigenvalue weighted by atomic mass is 16.2. The van der Waals surface area contributed by atoms with Gasteiger partial charge in [0.2, 0.25) is 5.91 Å². The fourth-order valence-corrected chi connectivity index (χ4v) is 7.25. The van der Waals surface area contributed by atoms with Crippen molar-refractivity contribution in [3.63, 3.8) is 0 Å². The van der Waals surface area contributed by atoms with E-state index in [0.29, 0.717) is 17.9 Å². The van der Waals surface area contributed by atoms with E-state index in [-0.39, 0.29) is 10.8 Å². The third-order valence-electron chi connectivity index (χ3n) is 9.43. The summed E-state index contributed by atoms with van der Waals surface area (Å²) in [5.41, 5.74) is 2.16. The molecule has 1 amide bonds. The second-order valence-corrected chi connectivity index (χ2v) is 10.9. The lowest BCUT2D eigenvalue weighted by Crippen LogP contribution is -2.58. The molecule has 2 aliphatic rings. The van der Waals surface area contributed by atoms with Crippen LogP contribution >= 0.6 is 0 Å². The minimum atomic E-state index is -0.249. The molecule has 0 aliphatic heterocycles. The summed E-state index contributed by atoms with van der Waals surface area (Å²) in [5.74, 6) is 1.71. The van der Waals surface area contributed by atoms with Gasteiger partial charge in [-0.1, -0.05) is 56.7 Å². The van der Waals surface area contributed by atoms with Crippen LogP contribution in [-0.2, 0) is 4.79 Å². The van der Waals surface area contributed by atoms with Crippen molar-refractivity contribution in [2.75, 3.05) is 23.9 Å². The Bertz CT molecular complexity index is 929. The lowest BCUT2D eigenvalue weighted by molar-refractivity contribution is -0.142. The van der Waals surface area contributed by atoms with Gasteiger partial charge in [0.1, 0.15) is 0 Å². The largest absolute Gasteiger partial charge is 0.371 e. The molecule has 3 nitrogen and oxygen atoms in total. The smallest absolute Gasteiger partial charge is 0.232 e. The molecule has 0 heterocycles. The van der Waals surface area contributed by atoms with Gasteiger partial charge in [-0.3, -0.25) is 4.79 Å². The second kappa shape index (κ2) is 9.52. The maximum absolute atomic E-state index is 14.2. The minimum absolute atomic E-state index is 0.133. The molecule has 178 valence electrons. The van der Waals surface area contributed by atoms with E-state index in [9.17, 15) is 4.79 Å². The molecule has 0 N–H and O–H groups in total. The van der Waals surface area contributed by atoms with Crippen LogP contribution in [0.4, 0.5) is 11.4 Å². The number of carbonyl (C=O) groups excluding carboxylic acids is 1. The molecular weight excluding hydrogens is 404 g/mol. The Labute approximate surface area is 201 Å². The summed E-state index contributed by atoms with van der Waals surface area (Å²) in [4.78, 5) is 18.6. The van der Waals surface area contributed by atoms with Crippen molar-refractivity contribution in [3.05, 3.63) is 60.7 Å². The zero-order valence-corrected chi connectivity index (χ0v) is 21.3. The SMILES string of the molecule is CCC1CCC2(C(=O)N(C)c3ccccc3)CC1CC(CC)(C(C)N(C)c1ccccc1)C2. The summed E-state index contributed by atoms with van der Waals surface area (Å²) in [7, 11) is 4.22. The van der Waals surface area contributed by atoms with Crippen LogP contribution in [0.2, 0.25) is 0 Å². The second-order valence-electron chi connectivity index (χ2n) is 10.9. The van der Waals surface area contributed by atoms with Gasteiger partial charge in [0.15, 0.2) is 0 Å². The molecular formula is C30H42N2O. The van der Waals surface area contributed by atoms with Gasteiger partial charge < -0.3 is 9.80 Å². The zero-order chi connectivity index (χ0) is 23.6. The van der Waals surface area contributed by atoms with E-state index in [0.717, 1.165) is 37.3 Å². The molecule has 2 fully saturated rings. The number of para-hydroxylation sites is 2. The number of benzene rings is 2. The first kappa shape index (κ1) is 23.9. The Morgan fingerprint density at radius 3 is 2.15 bits per heavy atom. The Hall–Kier alpha value is -2.29. The quantitative estimate of drug-likeness (QED) is 0.450. The van der Waals surface area contributed by atoms with Gasteiger partial charge >= 0.3 is 0 Å². The molecule has 33 heavy (non-hydrogen) atoms. The minimum Gasteiger partial charge on any atom is -0.371 e. The number of fused-ring (bicyclic) bond motifs is 2. The summed E-state index contributed by atoms with van der Waals surface area (Å²) >= 11 is 0. The number of anilines is 2. The molecule has 0 saturated heterocycles. The Morgan fingerprint density at radius 1 is 0.970 bits per heavy atom. The summed E-state index contributed by atoms with van der Waals surface area (Å²) < 4.78 is 0. The van der Waals surface area contributed by atoms with Crippen LogP contribution in [0.25, 0.3) is 0 Å². The first-order chi connectivity index (χ1) is 15.9. The van der Waals surface area contributed by atoms with Gasteiger partial charge in [-0.2, -0.15) is 0 Å². The highest BCUT2D eigenvalue weighted by Crippen LogP contribution is 2.61. The van der Waals surface area contributed by atoms with Gasteiger partial charge in [-0.05, 0) is 87.0 Å². The van der Waals surface area contributed by atoms with E-state index < -0.39 is 0 Å². The van der Waals surface area contributed by atoms with Crippen molar-refractivity contribution in [2.24, 2.45) is 22.7 Å². The van der Waals surface area contributed by atoms with Gasteiger partial charge in [-0.15, -0.1) is 0 Å². The lowest BCUT2D eigenvalue weighted by Gasteiger charge is -2.59. The Balaban J connectivity index is 1.70. The van der Waals surface area contributed by atoms with Crippen LogP contribution in [0.1, 0.15) is 65.7 Å². The maximum atomic E-state index is 14.2. The van der Waals surface area contributed by atoms with Crippen LogP contribution in [0.15, 0.2) is 60.7 Å². The highest BCUT2D eigenvalue weighted by Gasteiger charge is 2.57. The predicted molar refractivity (Wildman–Crippen MR) is 140 cm³/mol. The maximum Gasteiger partial charge on any atom is 0.232 e. The number of carbonyl (C=O) groups is 1. The first-order valence-electron chi connectivity index (χ1n) is 13.0. The van der Waals surface area contributed by atoms with Crippen molar-refractivity contribution in [2.45, 2.75) is 71.8 Å². The van der Waals surface area contributed by atoms with E-state index >= 15 is 0 Å². The Kier molecular flexibility index (Phi) is 6.88. The number of nitrogens with zero attached hydrogens (tertiary/aromatic N) is 2. The van der Waals surface area contributed by atoms with Gasteiger partial charge in [0.05, 0.1) is 5.41 Å². The van der Waals surface area contributed by atoms with Crippen molar-refractivity contribution in [1.29, 1.82) is 0 Å². The molecule has 2 saturated carbocycles.